The van der Waals surface area contributed by atoms with Crippen LogP contribution >= 0.6 is 11.6 Å². The first-order chi connectivity index (χ1) is 13.5. The molecule has 4 nitrogen and oxygen atoms in total. The van der Waals surface area contributed by atoms with E-state index in [0.29, 0.717) is 34.8 Å². The molecule has 0 saturated heterocycles. The van der Waals surface area contributed by atoms with E-state index in [-0.39, 0.29) is 17.6 Å². The van der Waals surface area contributed by atoms with Gasteiger partial charge in [0.25, 0.3) is 11.8 Å². The molecule has 3 aromatic carbocycles. The maximum absolute atomic E-state index is 13.0. The molecule has 6 heteroatoms. The number of hydrogen-bond donors (Lipinski definition) is 2. The van der Waals surface area contributed by atoms with E-state index in [0.717, 1.165) is 5.56 Å². The summed E-state index contributed by atoms with van der Waals surface area (Å²) in [5.41, 5.74) is 2.23. The van der Waals surface area contributed by atoms with Gasteiger partial charge in [-0.25, -0.2) is 4.39 Å². The van der Waals surface area contributed by atoms with Gasteiger partial charge >= 0.3 is 0 Å². The van der Waals surface area contributed by atoms with E-state index < -0.39 is 0 Å². The highest BCUT2D eigenvalue weighted by molar-refractivity contribution is 6.30. The van der Waals surface area contributed by atoms with Gasteiger partial charge in [0, 0.05) is 28.4 Å². The lowest BCUT2D eigenvalue weighted by molar-refractivity contribution is 0.0954. The fourth-order valence-corrected chi connectivity index (χ4v) is 2.87. The Morgan fingerprint density at radius 1 is 0.857 bits per heavy atom. The van der Waals surface area contributed by atoms with Gasteiger partial charge in [0.2, 0.25) is 0 Å². The SMILES string of the molecule is O=C(NCCc1cccc(Cl)c1)c1cccc(C(=O)Nc2ccc(F)cc2)c1. The van der Waals surface area contributed by atoms with Gasteiger partial charge in [-0.2, -0.15) is 0 Å². The molecule has 3 rings (SSSR count). The molecule has 0 saturated carbocycles. The van der Waals surface area contributed by atoms with E-state index in [1.165, 1.54) is 30.3 Å². The molecule has 142 valence electrons. The monoisotopic (exact) mass is 396 g/mol. The summed E-state index contributed by atoms with van der Waals surface area (Å²) < 4.78 is 13.0. The Hall–Kier alpha value is -3.18. The summed E-state index contributed by atoms with van der Waals surface area (Å²) in [7, 11) is 0. The summed E-state index contributed by atoms with van der Waals surface area (Å²) in [5.74, 6) is -1.02. The van der Waals surface area contributed by atoms with Crippen molar-refractivity contribution in [3.63, 3.8) is 0 Å². The van der Waals surface area contributed by atoms with E-state index in [1.807, 2.05) is 18.2 Å². The number of carbonyl (C=O) groups is 2. The Bertz CT molecular complexity index is 990. The second-order valence-corrected chi connectivity index (χ2v) is 6.61. The van der Waals surface area contributed by atoms with Crippen LogP contribution in [0.2, 0.25) is 5.02 Å². The van der Waals surface area contributed by atoms with Crippen LogP contribution in [0.4, 0.5) is 10.1 Å². The molecule has 2 N–H and O–H groups in total. The minimum absolute atomic E-state index is 0.265. The third kappa shape index (κ3) is 5.41. The standard InChI is InChI=1S/C22H18ClFN2O2/c23-18-6-1-3-15(13-18)11-12-25-21(27)16-4-2-5-17(14-16)22(28)26-20-9-7-19(24)8-10-20/h1-10,13-14H,11-12H2,(H,25,27)(H,26,28). The van der Waals surface area contributed by atoms with Crippen molar-refractivity contribution in [2.75, 3.05) is 11.9 Å². The molecule has 0 heterocycles. The lowest BCUT2D eigenvalue weighted by Gasteiger charge is -2.08. The third-order valence-corrected chi connectivity index (χ3v) is 4.31. The molecule has 0 bridgehead atoms. The number of rotatable bonds is 6. The number of carbonyl (C=O) groups excluding carboxylic acids is 2. The molecule has 0 fully saturated rings. The number of halogens is 2. The summed E-state index contributed by atoms with van der Waals surface area (Å²) in [6.45, 7) is 0.450. The molecule has 0 unspecified atom stereocenters. The van der Waals surface area contributed by atoms with Gasteiger partial charge in [0.1, 0.15) is 5.82 Å². The van der Waals surface area contributed by atoms with Crippen molar-refractivity contribution in [3.8, 4) is 0 Å². The lowest BCUT2D eigenvalue weighted by Crippen LogP contribution is -2.26. The molecule has 28 heavy (non-hydrogen) atoms. The van der Waals surface area contributed by atoms with E-state index in [9.17, 15) is 14.0 Å². The van der Waals surface area contributed by atoms with Crippen molar-refractivity contribution in [2.45, 2.75) is 6.42 Å². The molecule has 3 aromatic rings. The van der Waals surface area contributed by atoms with Crippen LogP contribution in [0.15, 0.2) is 72.8 Å². The minimum Gasteiger partial charge on any atom is -0.352 e. The molecule has 0 aromatic heterocycles. The van der Waals surface area contributed by atoms with Gasteiger partial charge in [0.15, 0.2) is 0 Å². The highest BCUT2D eigenvalue weighted by atomic mass is 35.5. The topological polar surface area (TPSA) is 58.2 Å². The van der Waals surface area contributed by atoms with Gasteiger partial charge in [-0.1, -0.05) is 29.8 Å². The molecule has 0 aliphatic heterocycles. The van der Waals surface area contributed by atoms with Crippen LogP contribution in [0, 0.1) is 5.82 Å². The second kappa shape index (κ2) is 9.15. The quantitative estimate of drug-likeness (QED) is 0.634. The first kappa shape index (κ1) is 19.6. The molecule has 2 amide bonds. The minimum atomic E-state index is -0.380. The van der Waals surface area contributed by atoms with Gasteiger partial charge < -0.3 is 10.6 Å². The zero-order chi connectivity index (χ0) is 19.9. The molecule has 0 radical (unpaired) electrons. The van der Waals surface area contributed by atoms with Crippen LogP contribution in [0.1, 0.15) is 26.3 Å². The van der Waals surface area contributed by atoms with Crippen molar-refractivity contribution >= 4 is 29.1 Å². The lowest BCUT2D eigenvalue weighted by atomic mass is 10.1. The smallest absolute Gasteiger partial charge is 0.255 e. The fourth-order valence-electron chi connectivity index (χ4n) is 2.65. The van der Waals surface area contributed by atoms with Crippen LogP contribution in [0.5, 0.6) is 0 Å². The number of benzene rings is 3. The van der Waals surface area contributed by atoms with Crippen LogP contribution in [0.25, 0.3) is 0 Å². The van der Waals surface area contributed by atoms with Crippen molar-refractivity contribution in [1.29, 1.82) is 0 Å². The van der Waals surface area contributed by atoms with Crippen LogP contribution in [-0.4, -0.2) is 18.4 Å². The zero-order valence-corrected chi connectivity index (χ0v) is 15.7. The number of hydrogen-bond acceptors (Lipinski definition) is 2. The molecular weight excluding hydrogens is 379 g/mol. The van der Waals surface area contributed by atoms with E-state index in [4.69, 9.17) is 11.6 Å². The largest absolute Gasteiger partial charge is 0.352 e. The highest BCUT2D eigenvalue weighted by Crippen LogP contribution is 2.13. The molecular formula is C22H18ClFN2O2. The Labute approximate surface area is 167 Å². The van der Waals surface area contributed by atoms with Gasteiger partial charge in [0.05, 0.1) is 0 Å². The molecule has 0 spiro atoms. The van der Waals surface area contributed by atoms with Gasteiger partial charge in [-0.3, -0.25) is 9.59 Å². The summed E-state index contributed by atoms with van der Waals surface area (Å²) in [6, 6.07) is 19.4. The Balaban J connectivity index is 1.59. The predicted molar refractivity (Wildman–Crippen MR) is 108 cm³/mol. The van der Waals surface area contributed by atoms with Crippen LogP contribution in [0.3, 0.4) is 0 Å². The first-order valence-electron chi connectivity index (χ1n) is 8.71. The average molecular weight is 397 g/mol. The zero-order valence-electron chi connectivity index (χ0n) is 14.9. The summed E-state index contributed by atoms with van der Waals surface area (Å²) in [5, 5.41) is 6.16. The summed E-state index contributed by atoms with van der Waals surface area (Å²) in [4.78, 5) is 24.7. The number of anilines is 1. The first-order valence-corrected chi connectivity index (χ1v) is 9.09. The van der Waals surface area contributed by atoms with Gasteiger partial charge in [-0.15, -0.1) is 0 Å². The van der Waals surface area contributed by atoms with Crippen molar-refractivity contribution in [3.05, 3.63) is 100 Å². The normalized spacial score (nSPS) is 10.4. The number of amides is 2. The van der Waals surface area contributed by atoms with Crippen molar-refractivity contribution in [2.24, 2.45) is 0 Å². The molecule has 0 aliphatic carbocycles. The summed E-state index contributed by atoms with van der Waals surface area (Å²) >= 11 is 5.95. The van der Waals surface area contributed by atoms with Crippen molar-refractivity contribution < 1.29 is 14.0 Å². The van der Waals surface area contributed by atoms with Crippen LogP contribution in [-0.2, 0) is 6.42 Å². The Morgan fingerprint density at radius 2 is 1.54 bits per heavy atom. The van der Waals surface area contributed by atoms with E-state index in [1.54, 1.807) is 24.3 Å². The Kier molecular flexibility index (Phi) is 6.40. The average Bonchev–Trinajstić information content (AvgIpc) is 2.70. The van der Waals surface area contributed by atoms with Gasteiger partial charge in [-0.05, 0) is 66.6 Å². The van der Waals surface area contributed by atoms with E-state index >= 15 is 0 Å². The Morgan fingerprint density at radius 3 is 2.25 bits per heavy atom. The maximum Gasteiger partial charge on any atom is 0.255 e. The molecule has 0 aliphatic rings. The van der Waals surface area contributed by atoms with Crippen molar-refractivity contribution in [1.82, 2.24) is 5.32 Å². The highest BCUT2D eigenvalue weighted by Gasteiger charge is 2.11. The fraction of sp³-hybridized carbons (Fsp3) is 0.0909. The third-order valence-electron chi connectivity index (χ3n) is 4.08. The maximum atomic E-state index is 13.0. The van der Waals surface area contributed by atoms with E-state index in [2.05, 4.69) is 10.6 Å². The van der Waals surface area contributed by atoms with Crippen LogP contribution < -0.4 is 10.6 Å². The predicted octanol–water partition coefficient (Wildman–Crippen LogP) is 4.70. The summed E-state index contributed by atoms with van der Waals surface area (Å²) in [6.07, 6.45) is 0.650. The second-order valence-electron chi connectivity index (χ2n) is 6.18. The molecule has 0 atom stereocenters. The number of nitrogens with one attached hydrogen (secondary N) is 2.